The van der Waals surface area contributed by atoms with Crippen LogP contribution < -0.4 is 10.7 Å². The molecule has 0 bridgehead atoms. The predicted octanol–water partition coefficient (Wildman–Crippen LogP) is 5.91. The first-order valence-electron chi connectivity index (χ1n) is 9.63. The third-order valence-electron chi connectivity index (χ3n) is 5.82. The van der Waals surface area contributed by atoms with Crippen molar-refractivity contribution in [1.29, 1.82) is 0 Å². The van der Waals surface area contributed by atoms with E-state index in [1.807, 2.05) is 13.0 Å². The lowest BCUT2D eigenvalue weighted by Crippen LogP contribution is -2.29. The number of halogens is 3. The summed E-state index contributed by atoms with van der Waals surface area (Å²) >= 11 is 10.7. The molecule has 1 amide bonds. The fourth-order valence-corrected chi connectivity index (χ4v) is 6.36. The number of anilines is 1. The molecule has 1 aromatic carbocycles. The van der Waals surface area contributed by atoms with Crippen LogP contribution in [-0.2, 0) is 25.8 Å². The van der Waals surface area contributed by atoms with Gasteiger partial charge in [-0.15, -0.1) is 0 Å². The van der Waals surface area contributed by atoms with Gasteiger partial charge in [0, 0.05) is 26.9 Å². The highest BCUT2D eigenvalue weighted by molar-refractivity contribution is 9.11. The first-order valence-corrected chi connectivity index (χ1v) is 12.0. The summed E-state index contributed by atoms with van der Waals surface area (Å²) in [7, 11) is 0. The van der Waals surface area contributed by atoms with Gasteiger partial charge in [0.05, 0.1) is 10.2 Å². The van der Waals surface area contributed by atoms with Gasteiger partial charge in [-0.3, -0.25) is 9.59 Å². The second-order valence-electron chi connectivity index (χ2n) is 7.49. The molecule has 0 spiro atoms. The molecule has 2 heterocycles. The smallest absolute Gasteiger partial charge is 0.261 e. The van der Waals surface area contributed by atoms with Gasteiger partial charge < -0.3 is 9.88 Å². The number of hydrogen-bond acceptors (Lipinski definition) is 2. The number of nitrogens with one attached hydrogen (secondary N) is 1. The molecule has 7 heteroatoms. The number of hydrogen-bond donors (Lipinski definition) is 1. The monoisotopic (exact) mass is 570 g/mol. The fraction of sp³-hybridized carbons (Fsp3) is 0.429. The molecule has 4 nitrogen and oxygen atoms in total. The van der Waals surface area contributed by atoms with Crippen LogP contribution in [0.3, 0.4) is 0 Å². The standard InChI is InChI=1S/C21H21Br3N2O2/c1-11-18(24)20(27)17(16-8-3-2-4-9-26(11)16)21(28)25-19-13-7-5-6-12(13)14(22)10-15(19)23/h10H,2-9H2,1H3,(H,25,28). The second kappa shape index (κ2) is 8.07. The molecule has 0 fully saturated rings. The Morgan fingerprint density at radius 2 is 1.75 bits per heavy atom. The Hall–Kier alpha value is -0.920. The van der Waals surface area contributed by atoms with Gasteiger partial charge in [-0.1, -0.05) is 22.4 Å². The van der Waals surface area contributed by atoms with Crippen LogP contribution in [0.4, 0.5) is 5.69 Å². The molecular formula is C21H21Br3N2O2. The van der Waals surface area contributed by atoms with Crippen LogP contribution in [0, 0.1) is 6.92 Å². The van der Waals surface area contributed by atoms with E-state index < -0.39 is 0 Å². The number of nitrogens with zero attached hydrogens (tertiary/aromatic N) is 1. The zero-order valence-corrected chi connectivity index (χ0v) is 20.4. The van der Waals surface area contributed by atoms with Crippen molar-refractivity contribution >= 4 is 59.4 Å². The van der Waals surface area contributed by atoms with Gasteiger partial charge in [-0.25, -0.2) is 0 Å². The summed E-state index contributed by atoms with van der Waals surface area (Å²) in [5.74, 6) is -0.312. The van der Waals surface area contributed by atoms with Crippen LogP contribution in [0.2, 0.25) is 0 Å². The molecule has 0 saturated heterocycles. The summed E-state index contributed by atoms with van der Waals surface area (Å²) in [5, 5.41) is 3.07. The van der Waals surface area contributed by atoms with Crippen molar-refractivity contribution in [3.05, 3.63) is 57.8 Å². The van der Waals surface area contributed by atoms with Crippen LogP contribution in [-0.4, -0.2) is 10.5 Å². The Morgan fingerprint density at radius 3 is 2.54 bits per heavy atom. The topological polar surface area (TPSA) is 51.1 Å². The molecule has 1 aliphatic heterocycles. The number of rotatable bonds is 2. The van der Waals surface area contributed by atoms with E-state index in [-0.39, 0.29) is 16.9 Å². The van der Waals surface area contributed by atoms with Crippen LogP contribution >= 0.6 is 47.8 Å². The van der Waals surface area contributed by atoms with E-state index >= 15 is 0 Å². The number of pyridine rings is 1. The van der Waals surface area contributed by atoms with Gasteiger partial charge in [0.25, 0.3) is 5.91 Å². The normalized spacial score (nSPS) is 15.7. The largest absolute Gasteiger partial charge is 0.347 e. The third kappa shape index (κ3) is 3.43. The zero-order valence-electron chi connectivity index (χ0n) is 15.6. The molecule has 0 radical (unpaired) electrons. The number of carbonyl (C=O) groups excluding carboxylic acids is 1. The van der Waals surface area contributed by atoms with Crippen LogP contribution in [0.15, 0.2) is 24.3 Å². The Balaban J connectivity index is 1.82. The highest BCUT2D eigenvalue weighted by atomic mass is 79.9. The van der Waals surface area contributed by atoms with E-state index in [2.05, 4.69) is 57.7 Å². The molecule has 2 aliphatic rings. The molecule has 1 N–H and O–H groups in total. The van der Waals surface area contributed by atoms with Gasteiger partial charge in [-0.2, -0.15) is 0 Å². The van der Waals surface area contributed by atoms with E-state index in [0.717, 1.165) is 83.1 Å². The molecular weight excluding hydrogens is 552 g/mol. The van der Waals surface area contributed by atoms with Gasteiger partial charge in [0.2, 0.25) is 5.43 Å². The Labute approximate surface area is 189 Å². The Bertz CT molecular complexity index is 1040. The minimum Gasteiger partial charge on any atom is -0.347 e. The molecule has 1 aliphatic carbocycles. The summed E-state index contributed by atoms with van der Waals surface area (Å²) in [5.41, 5.74) is 5.04. The van der Waals surface area contributed by atoms with E-state index in [1.165, 1.54) is 5.56 Å². The number of benzene rings is 1. The first-order chi connectivity index (χ1) is 13.4. The van der Waals surface area contributed by atoms with Crippen molar-refractivity contribution < 1.29 is 4.79 Å². The number of carbonyl (C=O) groups is 1. The van der Waals surface area contributed by atoms with Crippen molar-refractivity contribution in [3.63, 3.8) is 0 Å². The quantitative estimate of drug-likeness (QED) is 0.486. The highest BCUT2D eigenvalue weighted by Gasteiger charge is 2.27. The molecule has 148 valence electrons. The lowest BCUT2D eigenvalue weighted by atomic mass is 10.0. The van der Waals surface area contributed by atoms with Crippen molar-refractivity contribution in [2.24, 2.45) is 0 Å². The van der Waals surface area contributed by atoms with E-state index in [4.69, 9.17) is 0 Å². The maximum absolute atomic E-state index is 13.3. The van der Waals surface area contributed by atoms with Crippen molar-refractivity contribution in [1.82, 2.24) is 4.57 Å². The number of aromatic nitrogens is 1. The minimum atomic E-state index is -0.312. The van der Waals surface area contributed by atoms with E-state index in [1.54, 1.807) is 0 Å². The summed E-state index contributed by atoms with van der Waals surface area (Å²) in [6.45, 7) is 2.79. The molecule has 1 aromatic heterocycles. The van der Waals surface area contributed by atoms with Crippen molar-refractivity contribution in [2.75, 3.05) is 5.32 Å². The lowest BCUT2D eigenvalue weighted by molar-refractivity contribution is 0.102. The maximum atomic E-state index is 13.3. The average Bonchev–Trinajstić information content (AvgIpc) is 3.03. The molecule has 4 rings (SSSR count). The SMILES string of the molecule is Cc1c(Br)c(=O)c(C(=O)Nc2c(Br)cc(Br)c3c2CCC3)c2n1CCCCC2. The van der Waals surface area contributed by atoms with E-state index in [9.17, 15) is 9.59 Å². The van der Waals surface area contributed by atoms with Crippen molar-refractivity contribution in [2.45, 2.75) is 58.4 Å². The van der Waals surface area contributed by atoms with Crippen LogP contribution in [0.5, 0.6) is 0 Å². The number of amides is 1. The fourth-order valence-electron chi connectivity index (χ4n) is 4.41. The second-order valence-corrected chi connectivity index (χ2v) is 9.99. The minimum absolute atomic E-state index is 0.215. The van der Waals surface area contributed by atoms with Crippen LogP contribution in [0.25, 0.3) is 0 Å². The van der Waals surface area contributed by atoms with Gasteiger partial charge in [0.15, 0.2) is 0 Å². The summed E-state index contributed by atoms with van der Waals surface area (Å²) in [6, 6.07) is 1.98. The van der Waals surface area contributed by atoms with Gasteiger partial charge in [0.1, 0.15) is 5.56 Å². The van der Waals surface area contributed by atoms with Gasteiger partial charge in [-0.05, 0) is 94.5 Å². The molecule has 0 atom stereocenters. The molecule has 2 aromatic rings. The molecule has 0 saturated carbocycles. The lowest BCUT2D eigenvalue weighted by Gasteiger charge is -2.20. The summed E-state index contributed by atoms with van der Waals surface area (Å²) in [4.78, 5) is 26.4. The highest BCUT2D eigenvalue weighted by Crippen LogP contribution is 2.40. The maximum Gasteiger partial charge on any atom is 0.261 e. The Morgan fingerprint density at radius 1 is 1.00 bits per heavy atom. The molecule has 28 heavy (non-hydrogen) atoms. The number of fused-ring (bicyclic) bond motifs is 2. The van der Waals surface area contributed by atoms with Crippen LogP contribution in [0.1, 0.15) is 58.6 Å². The zero-order chi connectivity index (χ0) is 20.0. The Kier molecular flexibility index (Phi) is 5.87. The van der Waals surface area contributed by atoms with Gasteiger partial charge >= 0.3 is 0 Å². The first kappa shape index (κ1) is 20.4. The molecule has 0 unspecified atom stereocenters. The average molecular weight is 573 g/mol. The predicted molar refractivity (Wildman–Crippen MR) is 123 cm³/mol. The third-order valence-corrected chi connectivity index (χ3v) is 8.09. The van der Waals surface area contributed by atoms with Crippen molar-refractivity contribution in [3.8, 4) is 0 Å². The summed E-state index contributed by atoms with van der Waals surface area (Å²) in [6.07, 6.45) is 6.93. The summed E-state index contributed by atoms with van der Waals surface area (Å²) < 4.78 is 4.54. The van der Waals surface area contributed by atoms with E-state index in [0.29, 0.717) is 4.47 Å².